The number of hydrogen-bond acceptors (Lipinski definition) is 3. The highest BCUT2D eigenvalue weighted by atomic mass is 32.2. The first-order valence-electron chi connectivity index (χ1n) is 8.70. The Morgan fingerprint density at radius 2 is 1.38 bits per heavy atom. The van der Waals surface area contributed by atoms with Gasteiger partial charge < -0.3 is 0 Å². The standard InChI is InChI=1S/C17H36O3S/c1-5-7-8-9-10-11-12-13-17(3,4)14-15-20-21(18,19)16-6-2/h5-16H2,1-4H3. The lowest BCUT2D eigenvalue weighted by Crippen LogP contribution is -2.18. The van der Waals surface area contributed by atoms with Gasteiger partial charge in [0.2, 0.25) is 0 Å². The van der Waals surface area contributed by atoms with Crippen LogP contribution < -0.4 is 0 Å². The summed E-state index contributed by atoms with van der Waals surface area (Å²) in [6.45, 7) is 8.84. The van der Waals surface area contributed by atoms with E-state index in [1.165, 1.54) is 44.9 Å². The second kappa shape index (κ2) is 11.5. The maximum Gasteiger partial charge on any atom is 0.267 e. The topological polar surface area (TPSA) is 43.4 Å². The SMILES string of the molecule is CCCCCCCCCC(C)(C)CCOS(=O)(=O)CCC. The fourth-order valence-electron chi connectivity index (χ4n) is 2.44. The van der Waals surface area contributed by atoms with Crippen molar-refractivity contribution in [3.8, 4) is 0 Å². The molecule has 128 valence electrons. The monoisotopic (exact) mass is 320 g/mol. The normalized spacial score (nSPS) is 12.8. The van der Waals surface area contributed by atoms with Crippen LogP contribution >= 0.6 is 0 Å². The Morgan fingerprint density at radius 3 is 1.95 bits per heavy atom. The van der Waals surface area contributed by atoms with E-state index in [0.29, 0.717) is 13.0 Å². The minimum atomic E-state index is -3.29. The Bertz CT molecular complexity index is 334. The molecular weight excluding hydrogens is 284 g/mol. The van der Waals surface area contributed by atoms with Crippen molar-refractivity contribution < 1.29 is 12.6 Å². The molecule has 0 rings (SSSR count). The minimum absolute atomic E-state index is 0.130. The zero-order valence-electron chi connectivity index (χ0n) is 14.6. The molecule has 0 fully saturated rings. The molecule has 0 N–H and O–H groups in total. The van der Waals surface area contributed by atoms with Gasteiger partial charge in [-0.15, -0.1) is 0 Å². The molecule has 0 radical (unpaired) electrons. The van der Waals surface area contributed by atoms with Crippen molar-refractivity contribution in [3.63, 3.8) is 0 Å². The van der Waals surface area contributed by atoms with Gasteiger partial charge >= 0.3 is 0 Å². The van der Waals surface area contributed by atoms with Crippen LogP contribution in [0.2, 0.25) is 0 Å². The van der Waals surface area contributed by atoms with Crippen LogP contribution in [-0.4, -0.2) is 20.8 Å². The zero-order chi connectivity index (χ0) is 16.2. The van der Waals surface area contributed by atoms with Crippen molar-refractivity contribution in [1.82, 2.24) is 0 Å². The number of hydrogen-bond donors (Lipinski definition) is 0. The van der Waals surface area contributed by atoms with Crippen molar-refractivity contribution in [3.05, 3.63) is 0 Å². The van der Waals surface area contributed by atoms with Crippen LogP contribution in [-0.2, 0) is 14.3 Å². The first-order chi connectivity index (χ1) is 9.83. The summed E-state index contributed by atoms with van der Waals surface area (Å²) < 4.78 is 28.0. The average Bonchev–Trinajstić information content (AvgIpc) is 2.37. The zero-order valence-corrected chi connectivity index (χ0v) is 15.4. The summed E-state index contributed by atoms with van der Waals surface area (Å²) in [5.41, 5.74) is 0.172. The Kier molecular flexibility index (Phi) is 11.4. The molecule has 0 aromatic carbocycles. The van der Waals surface area contributed by atoms with Crippen LogP contribution in [0.3, 0.4) is 0 Å². The Morgan fingerprint density at radius 1 is 0.810 bits per heavy atom. The third kappa shape index (κ3) is 13.3. The number of rotatable bonds is 14. The van der Waals surface area contributed by atoms with Crippen molar-refractivity contribution >= 4 is 10.1 Å². The second-order valence-electron chi connectivity index (χ2n) is 6.87. The molecule has 0 saturated carbocycles. The fourth-order valence-corrected chi connectivity index (χ4v) is 3.39. The van der Waals surface area contributed by atoms with E-state index in [9.17, 15) is 8.42 Å². The minimum Gasteiger partial charge on any atom is -0.270 e. The van der Waals surface area contributed by atoms with E-state index in [4.69, 9.17) is 4.18 Å². The third-order valence-electron chi connectivity index (χ3n) is 3.95. The van der Waals surface area contributed by atoms with Gasteiger partial charge in [0, 0.05) is 0 Å². The van der Waals surface area contributed by atoms with E-state index in [2.05, 4.69) is 20.8 Å². The Hall–Kier alpha value is -0.0900. The summed E-state index contributed by atoms with van der Waals surface area (Å²) in [6.07, 6.45) is 11.8. The first-order valence-corrected chi connectivity index (χ1v) is 10.3. The molecule has 0 aromatic heterocycles. The summed E-state index contributed by atoms with van der Waals surface area (Å²) in [5, 5.41) is 0. The lowest BCUT2D eigenvalue weighted by molar-refractivity contribution is 0.216. The largest absolute Gasteiger partial charge is 0.270 e. The van der Waals surface area contributed by atoms with E-state index in [1.54, 1.807) is 0 Å². The molecule has 0 saturated heterocycles. The van der Waals surface area contributed by atoms with E-state index < -0.39 is 10.1 Å². The Labute approximate surface area is 133 Å². The van der Waals surface area contributed by atoms with E-state index in [1.807, 2.05) is 6.92 Å². The summed E-state index contributed by atoms with van der Waals surface area (Å²) in [4.78, 5) is 0. The van der Waals surface area contributed by atoms with Gasteiger partial charge in [0.15, 0.2) is 0 Å². The molecular formula is C17H36O3S. The quantitative estimate of drug-likeness (QED) is 0.322. The molecule has 0 amide bonds. The smallest absolute Gasteiger partial charge is 0.267 e. The van der Waals surface area contributed by atoms with E-state index >= 15 is 0 Å². The highest BCUT2D eigenvalue weighted by Gasteiger charge is 2.19. The van der Waals surface area contributed by atoms with Crippen molar-refractivity contribution in [1.29, 1.82) is 0 Å². The molecule has 0 unspecified atom stereocenters. The van der Waals surface area contributed by atoms with E-state index in [-0.39, 0.29) is 11.2 Å². The van der Waals surface area contributed by atoms with Crippen molar-refractivity contribution in [2.75, 3.05) is 12.4 Å². The highest BCUT2D eigenvalue weighted by Crippen LogP contribution is 2.28. The molecule has 0 spiro atoms. The highest BCUT2D eigenvalue weighted by molar-refractivity contribution is 7.86. The molecule has 0 aliphatic carbocycles. The Balaban J connectivity index is 3.69. The maximum absolute atomic E-state index is 11.5. The molecule has 3 nitrogen and oxygen atoms in total. The van der Waals surface area contributed by atoms with Crippen LogP contribution in [0.15, 0.2) is 0 Å². The van der Waals surface area contributed by atoms with Crippen LogP contribution in [0.5, 0.6) is 0 Å². The maximum atomic E-state index is 11.5. The van der Waals surface area contributed by atoms with Crippen molar-refractivity contribution in [2.24, 2.45) is 5.41 Å². The predicted molar refractivity (Wildman–Crippen MR) is 91.0 cm³/mol. The summed E-state index contributed by atoms with van der Waals surface area (Å²) in [6, 6.07) is 0. The molecule has 0 atom stereocenters. The van der Waals surface area contributed by atoms with Crippen LogP contribution in [0.4, 0.5) is 0 Å². The van der Waals surface area contributed by atoms with Gasteiger partial charge in [0.1, 0.15) is 0 Å². The van der Waals surface area contributed by atoms with Gasteiger partial charge in [0.25, 0.3) is 10.1 Å². The van der Waals surface area contributed by atoms with E-state index in [0.717, 1.165) is 12.8 Å². The molecule has 0 aliphatic heterocycles. The molecule has 4 heteroatoms. The van der Waals surface area contributed by atoms with Gasteiger partial charge in [0.05, 0.1) is 12.4 Å². The van der Waals surface area contributed by atoms with Gasteiger partial charge in [-0.05, 0) is 24.7 Å². The predicted octanol–water partition coefficient (Wildman–Crippen LogP) is 5.30. The molecule has 0 aliphatic rings. The van der Waals surface area contributed by atoms with Gasteiger partial charge in [-0.2, -0.15) is 8.42 Å². The van der Waals surface area contributed by atoms with Gasteiger partial charge in [-0.3, -0.25) is 4.18 Å². The lowest BCUT2D eigenvalue weighted by atomic mass is 9.84. The molecule has 0 aromatic rings. The van der Waals surface area contributed by atoms with Gasteiger partial charge in [-0.1, -0.05) is 72.6 Å². The first kappa shape index (κ1) is 20.9. The number of unbranched alkanes of at least 4 members (excludes halogenated alkanes) is 6. The van der Waals surface area contributed by atoms with Crippen LogP contribution in [0.25, 0.3) is 0 Å². The lowest BCUT2D eigenvalue weighted by Gasteiger charge is -2.24. The summed E-state index contributed by atoms with van der Waals surface area (Å²) in [5.74, 6) is 0.130. The summed E-state index contributed by atoms with van der Waals surface area (Å²) in [7, 11) is -3.29. The molecule has 0 heterocycles. The average molecular weight is 321 g/mol. The molecule has 0 bridgehead atoms. The second-order valence-corrected chi connectivity index (χ2v) is 8.63. The van der Waals surface area contributed by atoms with Gasteiger partial charge in [-0.25, -0.2) is 0 Å². The summed E-state index contributed by atoms with van der Waals surface area (Å²) >= 11 is 0. The van der Waals surface area contributed by atoms with Crippen LogP contribution in [0.1, 0.15) is 91.9 Å². The van der Waals surface area contributed by atoms with Crippen LogP contribution in [0, 0.1) is 5.41 Å². The fraction of sp³-hybridized carbons (Fsp3) is 1.00. The molecule has 21 heavy (non-hydrogen) atoms. The third-order valence-corrected chi connectivity index (χ3v) is 5.39. The van der Waals surface area contributed by atoms with Crippen molar-refractivity contribution in [2.45, 2.75) is 91.9 Å².